The summed E-state index contributed by atoms with van der Waals surface area (Å²) in [4.78, 5) is 21.7. The molecule has 4 aromatic rings. The number of aromatic amines is 1. The van der Waals surface area contributed by atoms with Crippen LogP contribution in [0.15, 0.2) is 88.9 Å². The number of para-hydroxylation sites is 1. The Hall–Kier alpha value is -3.25. The summed E-state index contributed by atoms with van der Waals surface area (Å²) in [5.41, 5.74) is 3.21. The van der Waals surface area contributed by atoms with E-state index in [0.29, 0.717) is 5.69 Å². The first-order valence-electron chi connectivity index (χ1n) is 8.11. The molecule has 128 valence electrons. The van der Waals surface area contributed by atoms with E-state index in [-0.39, 0.29) is 6.03 Å². The van der Waals surface area contributed by atoms with E-state index in [1.54, 1.807) is 18.1 Å². The van der Waals surface area contributed by atoms with Crippen LogP contribution < -0.4 is 10.6 Å². The maximum absolute atomic E-state index is 12.4. The van der Waals surface area contributed by atoms with Gasteiger partial charge < -0.3 is 15.6 Å². The van der Waals surface area contributed by atoms with Crippen LogP contribution in [0, 0.1) is 0 Å². The molecular weight excluding hydrogens is 344 g/mol. The number of H-pyrrole nitrogens is 1. The van der Waals surface area contributed by atoms with Crippen molar-refractivity contribution >= 4 is 40.2 Å². The fourth-order valence-electron chi connectivity index (χ4n) is 2.57. The van der Waals surface area contributed by atoms with E-state index in [4.69, 9.17) is 0 Å². The van der Waals surface area contributed by atoms with Crippen LogP contribution in [0.25, 0.3) is 11.0 Å². The van der Waals surface area contributed by atoms with Crippen molar-refractivity contribution in [1.29, 1.82) is 0 Å². The highest BCUT2D eigenvalue weighted by molar-refractivity contribution is 7.99. The monoisotopic (exact) mass is 360 g/mol. The largest absolute Gasteiger partial charge is 0.345 e. The van der Waals surface area contributed by atoms with Gasteiger partial charge in [-0.1, -0.05) is 42.1 Å². The summed E-state index contributed by atoms with van der Waals surface area (Å²) in [7, 11) is 0. The molecule has 6 heteroatoms. The molecule has 0 aliphatic carbocycles. The minimum absolute atomic E-state index is 0.287. The van der Waals surface area contributed by atoms with Crippen molar-refractivity contribution in [2.45, 2.75) is 9.79 Å². The van der Waals surface area contributed by atoms with E-state index in [1.165, 1.54) is 0 Å². The summed E-state index contributed by atoms with van der Waals surface area (Å²) in [6, 6.07) is 23.1. The van der Waals surface area contributed by atoms with Crippen LogP contribution in [0.4, 0.5) is 16.2 Å². The third kappa shape index (κ3) is 3.70. The van der Waals surface area contributed by atoms with Gasteiger partial charge in [-0.05, 0) is 42.5 Å². The average Bonchev–Trinajstić information content (AvgIpc) is 3.12. The number of carbonyl (C=O) groups is 1. The smallest absolute Gasteiger partial charge is 0.323 e. The molecule has 5 nitrogen and oxygen atoms in total. The molecule has 0 unspecified atom stereocenters. The third-order valence-electron chi connectivity index (χ3n) is 3.78. The van der Waals surface area contributed by atoms with Gasteiger partial charge in [0.2, 0.25) is 0 Å². The Kier molecular flexibility index (Phi) is 4.57. The van der Waals surface area contributed by atoms with Gasteiger partial charge in [0.1, 0.15) is 0 Å². The van der Waals surface area contributed by atoms with Gasteiger partial charge in [-0.15, -0.1) is 0 Å². The Morgan fingerprint density at radius 3 is 2.62 bits per heavy atom. The van der Waals surface area contributed by atoms with Crippen LogP contribution in [0.3, 0.4) is 0 Å². The standard InChI is InChI=1S/C20H16N4OS/c25-20(23-14-10-11-16-18(12-14)22-13-21-16)24-17-8-4-5-9-19(17)26-15-6-2-1-3-7-15/h1-13H,(H,21,22)(H2,23,24,25). The van der Waals surface area contributed by atoms with Crippen molar-refractivity contribution in [2.75, 3.05) is 10.6 Å². The predicted octanol–water partition coefficient (Wildman–Crippen LogP) is 5.36. The number of carbonyl (C=O) groups excluding carboxylic acids is 1. The lowest BCUT2D eigenvalue weighted by Gasteiger charge is -2.12. The molecule has 3 aromatic carbocycles. The first kappa shape index (κ1) is 16.2. The molecule has 0 fully saturated rings. The Labute approximate surface area is 154 Å². The summed E-state index contributed by atoms with van der Waals surface area (Å²) in [5.74, 6) is 0. The first-order valence-corrected chi connectivity index (χ1v) is 8.93. The van der Waals surface area contributed by atoms with Crippen LogP contribution in [-0.4, -0.2) is 16.0 Å². The summed E-state index contributed by atoms with van der Waals surface area (Å²) in [5, 5.41) is 5.78. The van der Waals surface area contributed by atoms with Crippen molar-refractivity contribution in [3.8, 4) is 0 Å². The van der Waals surface area contributed by atoms with Crippen molar-refractivity contribution in [3.63, 3.8) is 0 Å². The molecule has 0 saturated carbocycles. The number of urea groups is 1. The summed E-state index contributed by atoms with van der Waals surface area (Å²) in [6.07, 6.45) is 1.63. The molecule has 0 spiro atoms. The van der Waals surface area contributed by atoms with Crippen LogP contribution in [0.5, 0.6) is 0 Å². The van der Waals surface area contributed by atoms with Gasteiger partial charge in [-0.3, -0.25) is 0 Å². The summed E-state index contributed by atoms with van der Waals surface area (Å²) >= 11 is 1.61. The van der Waals surface area contributed by atoms with Gasteiger partial charge in [0.25, 0.3) is 0 Å². The van der Waals surface area contributed by atoms with Crippen molar-refractivity contribution in [2.24, 2.45) is 0 Å². The molecule has 0 bridgehead atoms. The zero-order chi connectivity index (χ0) is 17.8. The van der Waals surface area contributed by atoms with E-state index >= 15 is 0 Å². The molecule has 0 saturated heterocycles. The fourth-order valence-corrected chi connectivity index (χ4v) is 3.50. The molecule has 0 atom stereocenters. The quantitative estimate of drug-likeness (QED) is 0.459. The average molecular weight is 360 g/mol. The summed E-state index contributed by atoms with van der Waals surface area (Å²) in [6.45, 7) is 0. The van der Waals surface area contributed by atoms with Crippen LogP contribution in [0.2, 0.25) is 0 Å². The zero-order valence-corrected chi connectivity index (χ0v) is 14.6. The number of benzene rings is 3. The third-order valence-corrected chi connectivity index (χ3v) is 4.87. The van der Waals surface area contributed by atoms with Gasteiger partial charge in [-0.2, -0.15) is 0 Å². The normalized spacial score (nSPS) is 10.6. The molecule has 2 amide bonds. The highest BCUT2D eigenvalue weighted by Gasteiger charge is 2.09. The number of amides is 2. The second-order valence-corrected chi connectivity index (χ2v) is 6.74. The first-order chi connectivity index (χ1) is 12.8. The molecule has 3 N–H and O–H groups in total. The number of aromatic nitrogens is 2. The van der Waals surface area contributed by atoms with E-state index in [9.17, 15) is 4.79 Å². The molecule has 0 radical (unpaired) electrons. The number of nitrogens with one attached hydrogen (secondary N) is 3. The highest BCUT2D eigenvalue weighted by atomic mass is 32.2. The maximum Gasteiger partial charge on any atom is 0.323 e. The second-order valence-electron chi connectivity index (χ2n) is 5.62. The molecule has 0 aliphatic heterocycles. The van der Waals surface area contributed by atoms with Gasteiger partial charge in [0, 0.05) is 15.5 Å². The van der Waals surface area contributed by atoms with Crippen molar-refractivity contribution < 1.29 is 4.79 Å². The Balaban J connectivity index is 1.48. The lowest BCUT2D eigenvalue weighted by molar-refractivity contribution is 0.262. The van der Waals surface area contributed by atoms with Gasteiger partial charge in [0.05, 0.1) is 23.0 Å². The zero-order valence-electron chi connectivity index (χ0n) is 13.8. The SMILES string of the molecule is O=C(Nc1ccc2nc[nH]c2c1)Nc1ccccc1Sc1ccccc1. The van der Waals surface area contributed by atoms with Crippen LogP contribution in [-0.2, 0) is 0 Å². The van der Waals surface area contributed by atoms with E-state index < -0.39 is 0 Å². The summed E-state index contributed by atoms with van der Waals surface area (Å²) < 4.78 is 0. The molecule has 1 heterocycles. The Bertz CT molecular complexity index is 1050. The minimum Gasteiger partial charge on any atom is -0.345 e. The number of hydrogen-bond donors (Lipinski definition) is 3. The molecule has 4 rings (SSSR count). The number of rotatable bonds is 4. The minimum atomic E-state index is -0.287. The van der Waals surface area contributed by atoms with Gasteiger partial charge >= 0.3 is 6.03 Å². The lowest BCUT2D eigenvalue weighted by Crippen LogP contribution is -2.19. The van der Waals surface area contributed by atoms with Crippen LogP contribution >= 0.6 is 11.8 Å². The second kappa shape index (κ2) is 7.33. The topological polar surface area (TPSA) is 69.8 Å². The number of fused-ring (bicyclic) bond motifs is 1. The van der Waals surface area contributed by atoms with E-state index in [0.717, 1.165) is 26.5 Å². The molecule has 0 aliphatic rings. The number of imidazole rings is 1. The van der Waals surface area contributed by atoms with Crippen LogP contribution in [0.1, 0.15) is 0 Å². The van der Waals surface area contributed by atoms with Crippen molar-refractivity contribution in [3.05, 3.63) is 79.1 Å². The lowest BCUT2D eigenvalue weighted by atomic mass is 10.3. The van der Waals surface area contributed by atoms with Gasteiger partial charge in [0.15, 0.2) is 0 Å². The van der Waals surface area contributed by atoms with Gasteiger partial charge in [-0.25, -0.2) is 9.78 Å². The van der Waals surface area contributed by atoms with Crippen molar-refractivity contribution in [1.82, 2.24) is 9.97 Å². The van der Waals surface area contributed by atoms with E-state index in [2.05, 4.69) is 20.6 Å². The number of anilines is 2. The van der Waals surface area contributed by atoms with E-state index in [1.807, 2.05) is 72.8 Å². The highest BCUT2D eigenvalue weighted by Crippen LogP contribution is 2.33. The number of hydrogen-bond acceptors (Lipinski definition) is 3. The molecule has 26 heavy (non-hydrogen) atoms. The molecular formula is C20H16N4OS. The predicted molar refractivity (Wildman–Crippen MR) is 106 cm³/mol. The molecule has 1 aromatic heterocycles. The number of nitrogens with zero attached hydrogens (tertiary/aromatic N) is 1. The Morgan fingerprint density at radius 2 is 1.73 bits per heavy atom. The fraction of sp³-hybridized carbons (Fsp3) is 0. The maximum atomic E-state index is 12.4. The Morgan fingerprint density at radius 1 is 0.923 bits per heavy atom.